The Morgan fingerprint density at radius 3 is 2.45 bits per heavy atom. The lowest BCUT2D eigenvalue weighted by Crippen LogP contribution is -2.41. The van der Waals surface area contributed by atoms with Crippen molar-refractivity contribution in [1.82, 2.24) is 5.32 Å². The molecule has 124 valence electrons. The van der Waals surface area contributed by atoms with E-state index in [4.69, 9.17) is 14.2 Å². The standard InChI is InChI=1S/C17H27NO4/c1-12(2)22-14-8-7-13(11-15(14)20-6)9-10-21-16(19)18-17(3,4)5/h7-8,11-12H,9-10H2,1-6H3,(H,18,19). The molecule has 0 aliphatic rings. The van der Waals surface area contributed by atoms with E-state index >= 15 is 0 Å². The van der Waals surface area contributed by atoms with Crippen molar-refractivity contribution < 1.29 is 19.0 Å². The van der Waals surface area contributed by atoms with E-state index in [0.717, 1.165) is 5.56 Å². The molecule has 0 unspecified atom stereocenters. The molecule has 0 aromatic heterocycles. The van der Waals surface area contributed by atoms with Gasteiger partial charge in [-0.25, -0.2) is 4.79 Å². The van der Waals surface area contributed by atoms with Gasteiger partial charge in [-0.1, -0.05) is 6.07 Å². The zero-order valence-electron chi connectivity index (χ0n) is 14.4. The van der Waals surface area contributed by atoms with Gasteiger partial charge in [0.1, 0.15) is 0 Å². The average Bonchev–Trinajstić information content (AvgIpc) is 2.37. The van der Waals surface area contributed by atoms with Gasteiger partial charge in [-0.2, -0.15) is 0 Å². The minimum Gasteiger partial charge on any atom is -0.493 e. The second kappa shape index (κ2) is 7.92. The first kappa shape index (κ1) is 18.1. The van der Waals surface area contributed by atoms with Crippen molar-refractivity contribution in [2.24, 2.45) is 0 Å². The molecule has 5 heteroatoms. The Hall–Kier alpha value is -1.91. The molecule has 1 N–H and O–H groups in total. The summed E-state index contributed by atoms with van der Waals surface area (Å²) >= 11 is 0. The summed E-state index contributed by atoms with van der Waals surface area (Å²) in [6, 6.07) is 5.73. The smallest absolute Gasteiger partial charge is 0.407 e. The summed E-state index contributed by atoms with van der Waals surface area (Å²) in [5.74, 6) is 1.40. The highest BCUT2D eigenvalue weighted by atomic mass is 16.5. The maximum absolute atomic E-state index is 11.6. The van der Waals surface area contributed by atoms with Crippen LogP contribution in [0.4, 0.5) is 4.79 Å². The number of carbonyl (C=O) groups is 1. The molecule has 0 radical (unpaired) electrons. The van der Waals surface area contributed by atoms with Crippen LogP contribution in [-0.2, 0) is 11.2 Å². The highest BCUT2D eigenvalue weighted by Crippen LogP contribution is 2.29. The van der Waals surface area contributed by atoms with E-state index in [9.17, 15) is 4.79 Å². The van der Waals surface area contributed by atoms with Crippen LogP contribution in [0.15, 0.2) is 18.2 Å². The number of ether oxygens (including phenoxy) is 3. The molecular formula is C17H27NO4. The van der Waals surface area contributed by atoms with Gasteiger partial charge in [-0.05, 0) is 52.3 Å². The third-order valence-electron chi connectivity index (χ3n) is 2.69. The normalized spacial score (nSPS) is 11.2. The van der Waals surface area contributed by atoms with Crippen molar-refractivity contribution in [2.45, 2.75) is 52.7 Å². The number of hydrogen-bond donors (Lipinski definition) is 1. The highest BCUT2D eigenvalue weighted by Gasteiger charge is 2.14. The molecule has 1 aromatic carbocycles. The third-order valence-corrected chi connectivity index (χ3v) is 2.69. The van der Waals surface area contributed by atoms with Crippen LogP contribution in [-0.4, -0.2) is 31.5 Å². The Labute approximate surface area is 132 Å². The predicted octanol–water partition coefficient (Wildman–Crippen LogP) is 3.55. The number of hydrogen-bond acceptors (Lipinski definition) is 4. The molecule has 0 spiro atoms. The lowest BCUT2D eigenvalue weighted by atomic mass is 10.1. The Bertz CT molecular complexity index is 492. The molecule has 1 rings (SSSR count). The van der Waals surface area contributed by atoms with Crippen LogP contribution in [0, 0.1) is 0 Å². The van der Waals surface area contributed by atoms with Gasteiger partial charge < -0.3 is 19.5 Å². The van der Waals surface area contributed by atoms with Crippen LogP contribution in [0.25, 0.3) is 0 Å². The average molecular weight is 309 g/mol. The molecule has 5 nitrogen and oxygen atoms in total. The topological polar surface area (TPSA) is 56.8 Å². The first-order chi connectivity index (χ1) is 10.2. The zero-order chi connectivity index (χ0) is 16.8. The second-order valence-corrected chi connectivity index (χ2v) is 6.41. The van der Waals surface area contributed by atoms with Gasteiger partial charge in [0.2, 0.25) is 0 Å². The van der Waals surface area contributed by atoms with E-state index in [1.54, 1.807) is 7.11 Å². The van der Waals surface area contributed by atoms with E-state index in [2.05, 4.69) is 5.32 Å². The monoisotopic (exact) mass is 309 g/mol. The van der Waals surface area contributed by atoms with Crippen LogP contribution in [0.3, 0.4) is 0 Å². The largest absolute Gasteiger partial charge is 0.493 e. The van der Waals surface area contributed by atoms with E-state index in [1.807, 2.05) is 52.8 Å². The number of alkyl carbamates (subject to hydrolysis) is 1. The van der Waals surface area contributed by atoms with Crippen molar-refractivity contribution in [3.8, 4) is 11.5 Å². The van der Waals surface area contributed by atoms with Gasteiger partial charge in [0.05, 0.1) is 19.8 Å². The summed E-state index contributed by atoms with van der Waals surface area (Å²) in [5.41, 5.74) is 0.729. The zero-order valence-corrected chi connectivity index (χ0v) is 14.4. The number of carbonyl (C=O) groups excluding carboxylic acids is 1. The molecule has 22 heavy (non-hydrogen) atoms. The van der Waals surface area contributed by atoms with Gasteiger partial charge in [-0.15, -0.1) is 0 Å². The summed E-state index contributed by atoms with van der Waals surface area (Å²) in [6.07, 6.45) is 0.305. The molecule has 0 atom stereocenters. The van der Waals surface area contributed by atoms with Crippen LogP contribution < -0.4 is 14.8 Å². The Balaban J connectivity index is 2.55. The van der Waals surface area contributed by atoms with Crippen LogP contribution in [0.1, 0.15) is 40.2 Å². The second-order valence-electron chi connectivity index (χ2n) is 6.41. The molecule has 0 saturated carbocycles. The first-order valence-electron chi connectivity index (χ1n) is 7.50. The van der Waals surface area contributed by atoms with Gasteiger partial charge in [-0.3, -0.25) is 0 Å². The first-order valence-corrected chi connectivity index (χ1v) is 7.50. The molecule has 0 saturated heterocycles. The Morgan fingerprint density at radius 1 is 1.23 bits per heavy atom. The summed E-state index contributed by atoms with van der Waals surface area (Å²) in [7, 11) is 1.61. The van der Waals surface area contributed by atoms with E-state index in [-0.39, 0.29) is 11.6 Å². The molecule has 0 aliphatic heterocycles. The SMILES string of the molecule is COc1cc(CCOC(=O)NC(C)(C)C)ccc1OC(C)C. The number of nitrogens with one attached hydrogen (secondary N) is 1. The summed E-state index contributed by atoms with van der Waals surface area (Å²) in [4.78, 5) is 11.6. The Morgan fingerprint density at radius 2 is 1.91 bits per heavy atom. The number of amides is 1. The van der Waals surface area contributed by atoms with Crippen molar-refractivity contribution in [3.63, 3.8) is 0 Å². The van der Waals surface area contributed by atoms with Crippen molar-refractivity contribution >= 4 is 6.09 Å². The van der Waals surface area contributed by atoms with E-state index in [0.29, 0.717) is 24.5 Å². The van der Waals surface area contributed by atoms with Crippen molar-refractivity contribution in [2.75, 3.05) is 13.7 Å². The molecule has 1 aromatic rings. The van der Waals surface area contributed by atoms with E-state index < -0.39 is 6.09 Å². The minimum absolute atomic E-state index is 0.0872. The fourth-order valence-corrected chi connectivity index (χ4v) is 1.82. The number of rotatable bonds is 6. The van der Waals surface area contributed by atoms with Crippen molar-refractivity contribution in [3.05, 3.63) is 23.8 Å². The lowest BCUT2D eigenvalue weighted by molar-refractivity contribution is 0.139. The summed E-state index contributed by atoms with van der Waals surface area (Å²) in [6.45, 7) is 9.98. The van der Waals surface area contributed by atoms with E-state index in [1.165, 1.54) is 0 Å². The van der Waals surface area contributed by atoms with Gasteiger partial charge in [0, 0.05) is 12.0 Å². The maximum Gasteiger partial charge on any atom is 0.407 e. The number of benzene rings is 1. The summed E-state index contributed by atoms with van der Waals surface area (Å²) < 4.78 is 16.2. The summed E-state index contributed by atoms with van der Waals surface area (Å²) in [5, 5.41) is 2.75. The van der Waals surface area contributed by atoms with Crippen LogP contribution >= 0.6 is 0 Å². The van der Waals surface area contributed by atoms with Crippen LogP contribution in [0.2, 0.25) is 0 Å². The quantitative estimate of drug-likeness (QED) is 0.873. The lowest BCUT2D eigenvalue weighted by Gasteiger charge is -2.20. The third kappa shape index (κ3) is 6.70. The maximum atomic E-state index is 11.6. The fraction of sp³-hybridized carbons (Fsp3) is 0.588. The molecule has 0 fully saturated rings. The van der Waals surface area contributed by atoms with Crippen molar-refractivity contribution in [1.29, 1.82) is 0 Å². The van der Waals surface area contributed by atoms with Crippen LogP contribution in [0.5, 0.6) is 11.5 Å². The molecule has 0 heterocycles. The van der Waals surface area contributed by atoms with Gasteiger partial charge in [0.25, 0.3) is 0 Å². The molecular weight excluding hydrogens is 282 g/mol. The fourth-order valence-electron chi connectivity index (χ4n) is 1.82. The van der Waals surface area contributed by atoms with Gasteiger partial charge in [0.15, 0.2) is 11.5 Å². The molecule has 0 aliphatic carbocycles. The van der Waals surface area contributed by atoms with Gasteiger partial charge >= 0.3 is 6.09 Å². The Kier molecular flexibility index (Phi) is 6.53. The molecule has 0 bridgehead atoms. The minimum atomic E-state index is -0.403. The predicted molar refractivity (Wildman–Crippen MR) is 86.7 cm³/mol. The highest BCUT2D eigenvalue weighted by molar-refractivity contribution is 5.68. The molecule has 1 amide bonds. The number of methoxy groups -OCH3 is 1.